The molecule has 1 aliphatic rings. The van der Waals surface area contributed by atoms with Crippen molar-refractivity contribution < 1.29 is 0 Å². The molecule has 0 radical (unpaired) electrons. The summed E-state index contributed by atoms with van der Waals surface area (Å²) < 4.78 is 2.09. The molecule has 2 aromatic rings. The largest absolute Gasteiger partial charge is 0.317 e. The molecule has 0 amide bonds. The molecule has 1 saturated carbocycles. The van der Waals surface area contributed by atoms with Crippen LogP contribution in [0.2, 0.25) is 0 Å². The Bertz CT molecular complexity index is 588. The second-order valence-corrected chi connectivity index (χ2v) is 6.49. The van der Waals surface area contributed by atoms with Gasteiger partial charge >= 0.3 is 0 Å². The maximum Gasteiger partial charge on any atom is 0.146 e. The second-order valence-electron chi connectivity index (χ2n) is 6.49. The predicted octanol–water partition coefficient (Wildman–Crippen LogP) is 2.97. The Kier molecular flexibility index (Phi) is 3.81. The van der Waals surface area contributed by atoms with Gasteiger partial charge in [0.25, 0.3) is 0 Å². The molecular formula is C17H24N4. The highest BCUT2D eigenvalue weighted by Gasteiger charge is 2.48. The number of hydrogen-bond donors (Lipinski definition) is 1. The summed E-state index contributed by atoms with van der Waals surface area (Å²) in [4.78, 5) is 0. The van der Waals surface area contributed by atoms with Crippen LogP contribution >= 0.6 is 0 Å². The Morgan fingerprint density at radius 3 is 2.71 bits per heavy atom. The lowest BCUT2D eigenvalue weighted by Crippen LogP contribution is -2.55. The molecule has 112 valence electrons. The molecular weight excluding hydrogens is 260 g/mol. The third-order valence-corrected chi connectivity index (χ3v) is 5.01. The van der Waals surface area contributed by atoms with Crippen LogP contribution in [-0.2, 0) is 13.1 Å². The van der Waals surface area contributed by atoms with Crippen LogP contribution in [0, 0.1) is 5.41 Å². The van der Waals surface area contributed by atoms with E-state index in [1.165, 1.54) is 12.0 Å². The highest BCUT2D eigenvalue weighted by atomic mass is 15.3. The van der Waals surface area contributed by atoms with Crippen LogP contribution in [0.25, 0.3) is 0 Å². The number of benzene rings is 1. The van der Waals surface area contributed by atoms with Gasteiger partial charge in [-0.25, -0.2) is 0 Å². The van der Waals surface area contributed by atoms with E-state index in [0.717, 1.165) is 18.9 Å². The molecule has 1 N–H and O–H groups in total. The highest BCUT2D eigenvalue weighted by molar-refractivity contribution is 5.27. The quantitative estimate of drug-likeness (QED) is 0.918. The summed E-state index contributed by atoms with van der Waals surface area (Å²) in [5.74, 6) is 1.66. The summed E-state index contributed by atoms with van der Waals surface area (Å²) in [5.41, 5.74) is 1.73. The van der Waals surface area contributed by atoms with Crippen molar-refractivity contribution >= 4 is 0 Å². The maximum atomic E-state index is 4.19. The Balaban J connectivity index is 1.62. The van der Waals surface area contributed by atoms with Gasteiger partial charge in [0.2, 0.25) is 0 Å². The van der Waals surface area contributed by atoms with Crippen molar-refractivity contribution in [3.63, 3.8) is 0 Å². The summed E-state index contributed by atoms with van der Waals surface area (Å²) in [6, 6.07) is 11.4. The van der Waals surface area contributed by atoms with Crippen molar-refractivity contribution in [2.75, 3.05) is 0 Å². The highest BCUT2D eigenvalue weighted by Crippen LogP contribution is 2.52. The van der Waals surface area contributed by atoms with Gasteiger partial charge in [-0.15, -0.1) is 10.2 Å². The van der Waals surface area contributed by atoms with E-state index >= 15 is 0 Å². The summed E-state index contributed by atoms with van der Waals surface area (Å²) >= 11 is 0. The van der Waals surface area contributed by atoms with Crippen LogP contribution < -0.4 is 5.32 Å². The van der Waals surface area contributed by atoms with E-state index in [-0.39, 0.29) is 5.41 Å². The van der Waals surface area contributed by atoms with Crippen LogP contribution in [0.15, 0.2) is 36.7 Å². The second kappa shape index (κ2) is 5.60. The molecule has 4 heteroatoms. The van der Waals surface area contributed by atoms with Gasteiger partial charge in [-0.3, -0.25) is 0 Å². The monoisotopic (exact) mass is 284 g/mol. The van der Waals surface area contributed by atoms with Crippen molar-refractivity contribution in [3.05, 3.63) is 48.0 Å². The van der Waals surface area contributed by atoms with Crippen molar-refractivity contribution in [1.29, 1.82) is 0 Å². The number of nitrogens with one attached hydrogen (secondary N) is 1. The van der Waals surface area contributed by atoms with Crippen LogP contribution in [0.4, 0.5) is 0 Å². The van der Waals surface area contributed by atoms with Gasteiger partial charge in [0.15, 0.2) is 0 Å². The fourth-order valence-electron chi connectivity index (χ4n) is 3.42. The minimum absolute atomic E-state index is 0.276. The maximum absolute atomic E-state index is 4.19. The van der Waals surface area contributed by atoms with E-state index in [4.69, 9.17) is 0 Å². The zero-order valence-corrected chi connectivity index (χ0v) is 13.1. The SMILES string of the molecule is CCn1cnnc1CNC1CC(c2ccccc2)C1(C)C. The number of nitrogens with zero attached hydrogens (tertiary/aromatic N) is 3. The van der Waals surface area contributed by atoms with E-state index in [9.17, 15) is 0 Å². The van der Waals surface area contributed by atoms with Gasteiger partial charge in [-0.1, -0.05) is 44.2 Å². The molecule has 0 saturated heterocycles. The van der Waals surface area contributed by atoms with Crippen molar-refractivity contribution in [2.45, 2.75) is 52.2 Å². The summed E-state index contributed by atoms with van der Waals surface area (Å²) in [5, 5.41) is 11.8. The third kappa shape index (κ3) is 2.60. The predicted molar refractivity (Wildman–Crippen MR) is 83.9 cm³/mol. The standard InChI is InChI=1S/C17H24N4/c1-4-21-12-19-20-16(21)11-18-15-10-14(17(15,2)3)13-8-6-5-7-9-13/h5-9,12,14-15,18H,4,10-11H2,1-3H3. The smallest absolute Gasteiger partial charge is 0.146 e. The number of rotatable bonds is 5. The number of hydrogen-bond acceptors (Lipinski definition) is 3. The molecule has 1 aliphatic carbocycles. The average molecular weight is 284 g/mol. The van der Waals surface area contributed by atoms with Crippen LogP contribution in [0.1, 0.15) is 44.5 Å². The Labute approximate surface area is 126 Å². The molecule has 0 aliphatic heterocycles. The van der Waals surface area contributed by atoms with Crippen molar-refractivity contribution in [3.8, 4) is 0 Å². The Hall–Kier alpha value is -1.68. The lowest BCUT2D eigenvalue weighted by molar-refractivity contribution is 0.0671. The molecule has 4 nitrogen and oxygen atoms in total. The van der Waals surface area contributed by atoms with Gasteiger partial charge in [0.1, 0.15) is 12.2 Å². The average Bonchev–Trinajstić information content (AvgIpc) is 2.94. The van der Waals surface area contributed by atoms with E-state index in [0.29, 0.717) is 12.0 Å². The molecule has 0 bridgehead atoms. The third-order valence-electron chi connectivity index (χ3n) is 5.01. The molecule has 1 aromatic heterocycles. The first-order valence-electron chi connectivity index (χ1n) is 7.78. The molecule has 1 aromatic carbocycles. The van der Waals surface area contributed by atoms with Crippen molar-refractivity contribution in [2.24, 2.45) is 5.41 Å². The minimum atomic E-state index is 0.276. The first kappa shape index (κ1) is 14.3. The molecule has 0 spiro atoms. The van der Waals surface area contributed by atoms with Gasteiger partial charge < -0.3 is 9.88 Å². The summed E-state index contributed by atoms with van der Waals surface area (Å²) in [6.07, 6.45) is 2.99. The summed E-state index contributed by atoms with van der Waals surface area (Å²) in [7, 11) is 0. The molecule has 1 fully saturated rings. The normalized spacial score (nSPS) is 23.8. The first-order chi connectivity index (χ1) is 10.1. The van der Waals surface area contributed by atoms with Gasteiger partial charge in [0, 0.05) is 12.6 Å². The molecule has 21 heavy (non-hydrogen) atoms. The Morgan fingerprint density at radius 2 is 2.05 bits per heavy atom. The van der Waals surface area contributed by atoms with Crippen LogP contribution in [0.5, 0.6) is 0 Å². The number of aromatic nitrogens is 3. The van der Waals surface area contributed by atoms with Gasteiger partial charge in [-0.2, -0.15) is 0 Å². The van der Waals surface area contributed by atoms with Gasteiger partial charge in [-0.05, 0) is 30.2 Å². The lowest BCUT2D eigenvalue weighted by Gasteiger charge is -2.53. The lowest BCUT2D eigenvalue weighted by atomic mass is 9.56. The van der Waals surface area contributed by atoms with Crippen LogP contribution in [-0.4, -0.2) is 20.8 Å². The zero-order valence-electron chi connectivity index (χ0n) is 13.1. The first-order valence-corrected chi connectivity index (χ1v) is 7.78. The van der Waals surface area contributed by atoms with E-state index < -0.39 is 0 Å². The molecule has 2 atom stereocenters. The fraction of sp³-hybridized carbons (Fsp3) is 0.529. The molecule has 2 unspecified atom stereocenters. The van der Waals surface area contributed by atoms with E-state index in [1.54, 1.807) is 6.33 Å². The number of aryl methyl sites for hydroxylation is 1. The van der Waals surface area contributed by atoms with Gasteiger partial charge in [0.05, 0.1) is 6.54 Å². The van der Waals surface area contributed by atoms with E-state index in [2.05, 4.69) is 71.2 Å². The Morgan fingerprint density at radius 1 is 1.29 bits per heavy atom. The molecule has 3 rings (SSSR count). The minimum Gasteiger partial charge on any atom is -0.317 e. The zero-order chi connectivity index (χ0) is 14.9. The van der Waals surface area contributed by atoms with E-state index in [1.807, 2.05) is 0 Å². The van der Waals surface area contributed by atoms with Crippen LogP contribution in [0.3, 0.4) is 0 Å². The fourth-order valence-corrected chi connectivity index (χ4v) is 3.42. The summed E-state index contributed by atoms with van der Waals surface area (Å²) in [6.45, 7) is 8.55. The topological polar surface area (TPSA) is 42.7 Å². The molecule has 1 heterocycles. The van der Waals surface area contributed by atoms with Crippen molar-refractivity contribution in [1.82, 2.24) is 20.1 Å².